The van der Waals surface area contributed by atoms with Crippen molar-refractivity contribution in [3.05, 3.63) is 46.9 Å². The van der Waals surface area contributed by atoms with Crippen LogP contribution in [0.2, 0.25) is 0 Å². The highest BCUT2D eigenvalue weighted by Crippen LogP contribution is 2.42. The SMILES string of the molecule is CON=C(C(=O)NC1C(=O)N2C(C(=O)O)=C(CSc3nnc(-c4cccnc4)s3)CS[C@@H]12)c1csc(N)n1. The van der Waals surface area contributed by atoms with Crippen molar-refractivity contribution in [3.63, 3.8) is 0 Å². The molecule has 2 aliphatic heterocycles. The Morgan fingerprint density at radius 1 is 1.39 bits per heavy atom. The number of nitrogen functional groups attached to an aromatic ring is 1. The zero-order chi connectivity index (χ0) is 26.8. The molecule has 196 valence electrons. The molecule has 2 aliphatic rings. The van der Waals surface area contributed by atoms with Crippen LogP contribution in [0.25, 0.3) is 10.6 Å². The quantitative estimate of drug-likeness (QED) is 0.141. The maximum Gasteiger partial charge on any atom is 0.352 e. The number of carbonyl (C=O) groups excluding carboxylic acids is 2. The number of anilines is 1. The zero-order valence-electron chi connectivity index (χ0n) is 19.4. The zero-order valence-corrected chi connectivity index (χ0v) is 22.7. The minimum absolute atomic E-state index is 0.0770. The molecule has 17 heteroatoms. The van der Waals surface area contributed by atoms with Gasteiger partial charge in [-0.15, -0.1) is 33.3 Å². The highest BCUT2D eigenvalue weighted by Gasteiger charge is 2.54. The number of nitrogens with two attached hydrogens (primary N) is 1. The van der Waals surface area contributed by atoms with E-state index in [-0.39, 0.29) is 22.2 Å². The van der Waals surface area contributed by atoms with E-state index < -0.39 is 29.2 Å². The number of thioether (sulfide) groups is 2. The van der Waals surface area contributed by atoms with Crippen LogP contribution in [0.4, 0.5) is 5.13 Å². The number of amides is 2. The van der Waals surface area contributed by atoms with E-state index in [0.29, 0.717) is 26.4 Å². The fourth-order valence-electron chi connectivity index (χ4n) is 3.72. The Bertz CT molecular complexity index is 1460. The number of nitrogens with zero attached hydrogens (tertiary/aromatic N) is 6. The smallest absolute Gasteiger partial charge is 0.352 e. The monoisotopic (exact) mass is 590 g/mol. The first-order chi connectivity index (χ1) is 18.4. The number of carboxylic acid groups (broad SMARTS) is 1. The number of rotatable bonds is 9. The van der Waals surface area contributed by atoms with Crippen molar-refractivity contribution in [2.45, 2.75) is 15.8 Å². The number of hydrogen-bond acceptors (Lipinski definition) is 14. The molecule has 2 amide bonds. The maximum atomic E-state index is 13.0. The summed E-state index contributed by atoms with van der Waals surface area (Å²) in [6.45, 7) is 0. The van der Waals surface area contributed by atoms with Crippen LogP contribution in [0, 0.1) is 0 Å². The topological polar surface area (TPSA) is 186 Å². The molecule has 0 spiro atoms. The molecule has 3 aromatic heterocycles. The lowest BCUT2D eigenvalue weighted by Crippen LogP contribution is -2.71. The lowest BCUT2D eigenvalue weighted by molar-refractivity contribution is -0.150. The molecule has 13 nitrogen and oxygen atoms in total. The van der Waals surface area contributed by atoms with Gasteiger partial charge in [0.2, 0.25) is 0 Å². The predicted octanol–water partition coefficient (Wildman–Crippen LogP) is 1.52. The molecule has 1 unspecified atom stereocenters. The van der Waals surface area contributed by atoms with E-state index in [1.165, 1.54) is 46.9 Å². The van der Waals surface area contributed by atoms with Crippen molar-refractivity contribution in [2.24, 2.45) is 5.16 Å². The third-order valence-electron chi connectivity index (χ3n) is 5.38. The maximum absolute atomic E-state index is 13.0. The Labute approximate surface area is 231 Å². The molecule has 3 aromatic rings. The number of fused-ring (bicyclic) bond motifs is 1. The van der Waals surface area contributed by atoms with Gasteiger partial charge < -0.3 is 21.0 Å². The standard InChI is InChI=1S/C21H18N8O5S4/c1-34-28-12(11-8-36-20(22)24-11)15(30)25-13-17(31)29-14(19(32)33)10(6-35-18(13)29)7-37-21-27-26-16(38-21)9-3-2-4-23-5-9/h2-5,8,13,18H,6-7H2,1H3,(H2,22,24)(H,25,30)(H,32,33)/t13?,18-/m0/s1. The lowest BCUT2D eigenvalue weighted by Gasteiger charge is -2.49. The lowest BCUT2D eigenvalue weighted by atomic mass is 10.0. The van der Waals surface area contributed by atoms with E-state index in [4.69, 9.17) is 10.6 Å². The fourth-order valence-corrected chi connectivity index (χ4v) is 7.59. The van der Waals surface area contributed by atoms with Crippen molar-refractivity contribution < 1.29 is 24.3 Å². The summed E-state index contributed by atoms with van der Waals surface area (Å²) < 4.78 is 0.668. The minimum Gasteiger partial charge on any atom is -0.477 e. The van der Waals surface area contributed by atoms with Crippen LogP contribution < -0.4 is 11.1 Å². The number of aromatic nitrogens is 4. The summed E-state index contributed by atoms with van der Waals surface area (Å²) in [5.74, 6) is -1.74. The van der Waals surface area contributed by atoms with Crippen molar-refractivity contribution in [2.75, 3.05) is 24.3 Å². The van der Waals surface area contributed by atoms with Gasteiger partial charge in [-0.1, -0.05) is 28.3 Å². The number of pyridine rings is 1. The van der Waals surface area contributed by atoms with Crippen LogP contribution in [0.5, 0.6) is 0 Å². The Hall–Kier alpha value is -3.54. The van der Waals surface area contributed by atoms with Gasteiger partial charge in [-0.2, -0.15) is 0 Å². The van der Waals surface area contributed by atoms with E-state index in [2.05, 4.69) is 30.6 Å². The summed E-state index contributed by atoms with van der Waals surface area (Å²) >= 11 is 5.22. The van der Waals surface area contributed by atoms with Gasteiger partial charge >= 0.3 is 5.97 Å². The summed E-state index contributed by atoms with van der Waals surface area (Å²) in [7, 11) is 1.28. The van der Waals surface area contributed by atoms with Crippen LogP contribution in [-0.2, 0) is 19.2 Å². The Morgan fingerprint density at radius 3 is 2.92 bits per heavy atom. The molecule has 0 radical (unpaired) electrons. The van der Waals surface area contributed by atoms with Crippen LogP contribution in [0.15, 0.2) is 50.7 Å². The molecule has 1 fully saturated rings. The van der Waals surface area contributed by atoms with Crippen molar-refractivity contribution in [1.29, 1.82) is 0 Å². The molecule has 1 saturated heterocycles. The Balaban J connectivity index is 1.28. The molecule has 38 heavy (non-hydrogen) atoms. The molecule has 2 atom stereocenters. The first kappa shape index (κ1) is 26.1. The summed E-state index contributed by atoms with van der Waals surface area (Å²) in [5.41, 5.74) is 7.07. The van der Waals surface area contributed by atoms with E-state index in [9.17, 15) is 19.5 Å². The second-order valence-electron chi connectivity index (χ2n) is 7.72. The highest BCUT2D eigenvalue weighted by atomic mass is 32.2. The number of thiazole rings is 1. The van der Waals surface area contributed by atoms with Gasteiger partial charge in [-0.3, -0.25) is 19.5 Å². The number of nitrogens with one attached hydrogen (secondary N) is 1. The van der Waals surface area contributed by atoms with E-state index >= 15 is 0 Å². The average Bonchev–Trinajstić information content (AvgIpc) is 3.58. The van der Waals surface area contributed by atoms with Crippen LogP contribution in [-0.4, -0.2) is 83.7 Å². The van der Waals surface area contributed by atoms with Crippen molar-refractivity contribution >= 4 is 74.8 Å². The second kappa shape index (κ2) is 11.1. The van der Waals surface area contributed by atoms with Crippen LogP contribution >= 0.6 is 46.2 Å². The molecule has 0 saturated carbocycles. The van der Waals surface area contributed by atoms with Gasteiger partial charge in [0.05, 0.1) is 0 Å². The summed E-state index contributed by atoms with van der Waals surface area (Å²) in [4.78, 5) is 52.2. The summed E-state index contributed by atoms with van der Waals surface area (Å²) in [6, 6.07) is 2.76. The molecule has 4 N–H and O–H groups in total. The minimum atomic E-state index is -1.21. The molecule has 5 heterocycles. The van der Waals surface area contributed by atoms with Gasteiger partial charge in [0, 0.05) is 34.8 Å². The van der Waals surface area contributed by atoms with Gasteiger partial charge in [0.1, 0.15) is 34.9 Å². The van der Waals surface area contributed by atoms with E-state index in [1.54, 1.807) is 17.8 Å². The number of oxime groups is 1. The van der Waals surface area contributed by atoms with Crippen LogP contribution in [0.1, 0.15) is 5.69 Å². The third-order valence-corrected chi connectivity index (χ3v) is 9.59. The fraction of sp³-hybridized carbons (Fsp3) is 0.238. The van der Waals surface area contributed by atoms with Crippen molar-refractivity contribution in [3.8, 4) is 10.6 Å². The normalized spacial score (nSPS) is 19.1. The molecule has 0 aromatic carbocycles. The third kappa shape index (κ3) is 5.09. The summed E-state index contributed by atoms with van der Waals surface area (Å²) in [6.07, 6.45) is 3.36. The number of hydrogen-bond donors (Lipinski definition) is 3. The number of carboxylic acids is 1. The largest absolute Gasteiger partial charge is 0.477 e. The second-order valence-corrected chi connectivity index (χ2v) is 11.9. The number of β-lactam (4-membered cyclic amide) rings is 1. The molecule has 0 aliphatic carbocycles. The average molecular weight is 591 g/mol. The predicted molar refractivity (Wildman–Crippen MR) is 144 cm³/mol. The van der Waals surface area contributed by atoms with Gasteiger partial charge in [0.15, 0.2) is 15.2 Å². The molecule has 0 bridgehead atoms. The Morgan fingerprint density at radius 2 is 2.24 bits per heavy atom. The highest BCUT2D eigenvalue weighted by molar-refractivity contribution is 8.01. The van der Waals surface area contributed by atoms with Crippen LogP contribution in [0.3, 0.4) is 0 Å². The summed E-state index contributed by atoms with van der Waals surface area (Å²) in [5, 5.41) is 26.6. The van der Waals surface area contributed by atoms with E-state index in [1.807, 2.05) is 12.1 Å². The molecular formula is C21H18N8O5S4. The molecular weight excluding hydrogens is 573 g/mol. The van der Waals surface area contributed by atoms with Gasteiger partial charge in [-0.05, 0) is 17.7 Å². The number of carbonyl (C=O) groups is 3. The van der Waals surface area contributed by atoms with E-state index in [0.717, 1.165) is 16.9 Å². The Kier molecular flexibility index (Phi) is 7.59. The number of aliphatic carboxylic acids is 1. The first-order valence-corrected chi connectivity index (χ1v) is 14.5. The molecule has 5 rings (SSSR count). The van der Waals surface area contributed by atoms with Crippen molar-refractivity contribution in [1.82, 2.24) is 30.4 Å². The van der Waals surface area contributed by atoms with Gasteiger partial charge in [0.25, 0.3) is 11.8 Å². The van der Waals surface area contributed by atoms with Gasteiger partial charge in [-0.25, -0.2) is 9.78 Å². The first-order valence-electron chi connectivity index (χ1n) is 10.8.